The number of aromatic hydroxyl groups is 1. The fourth-order valence-corrected chi connectivity index (χ4v) is 5.31. The maximum Gasteiger partial charge on any atom is 0.349 e. The third-order valence-corrected chi connectivity index (χ3v) is 7.16. The molecule has 0 saturated heterocycles. The second-order valence-electron chi connectivity index (χ2n) is 10.0. The molecule has 32 heavy (non-hydrogen) atoms. The fourth-order valence-electron chi connectivity index (χ4n) is 3.60. The predicted octanol–water partition coefficient (Wildman–Crippen LogP) is 6.61. The fraction of sp³-hybridized carbons (Fsp3) is 0.560. The van der Waals surface area contributed by atoms with Crippen LogP contribution in [0.4, 0.5) is 5.69 Å². The van der Waals surface area contributed by atoms with Gasteiger partial charge in [0.05, 0.1) is 13.2 Å². The van der Waals surface area contributed by atoms with E-state index in [1.165, 1.54) is 0 Å². The topological polar surface area (TPSA) is 71.9 Å². The summed E-state index contributed by atoms with van der Waals surface area (Å²) < 4.78 is 24.7. The van der Waals surface area contributed by atoms with E-state index in [9.17, 15) is 9.67 Å². The smallest absolute Gasteiger partial charge is 0.349 e. The molecule has 0 spiro atoms. The molecule has 0 bridgehead atoms. The Morgan fingerprint density at radius 2 is 1.53 bits per heavy atom. The lowest BCUT2D eigenvalue weighted by atomic mass is 9.79. The summed E-state index contributed by atoms with van der Waals surface area (Å²) in [7, 11) is -3.36. The number of phenolic OH excluding ortho intramolecular Hbond substituents is 1. The SMILES string of the molecule is CCOP(=O)(CN(Cc1cccnc1)c1cc(C(C)(C)C)c(O)c(C(C)(C)C)c1)OCC. The minimum atomic E-state index is -3.36. The van der Waals surface area contributed by atoms with E-state index < -0.39 is 7.60 Å². The van der Waals surface area contributed by atoms with Crippen LogP contribution in [0.2, 0.25) is 0 Å². The quantitative estimate of drug-likeness (QED) is 0.423. The van der Waals surface area contributed by atoms with Crippen molar-refractivity contribution in [1.29, 1.82) is 0 Å². The first-order chi connectivity index (χ1) is 14.8. The molecular formula is C25H39N2O4P. The van der Waals surface area contributed by atoms with Gasteiger partial charge >= 0.3 is 7.60 Å². The van der Waals surface area contributed by atoms with Gasteiger partial charge in [-0.1, -0.05) is 47.6 Å². The first kappa shape index (κ1) is 26.4. The summed E-state index contributed by atoms with van der Waals surface area (Å²) >= 11 is 0. The second kappa shape index (κ2) is 10.4. The van der Waals surface area contributed by atoms with Gasteiger partial charge in [-0.2, -0.15) is 0 Å². The number of rotatable bonds is 9. The largest absolute Gasteiger partial charge is 0.507 e. The van der Waals surface area contributed by atoms with Crippen molar-refractivity contribution in [2.24, 2.45) is 0 Å². The molecule has 0 saturated carbocycles. The Morgan fingerprint density at radius 1 is 1.00 bits per heavy atom. The third-order valence-electron chi connectivity index (χ3n) is 5.17. The number of pyridine rings is 1. The molecule has 0 unspecified atom stereocenters. The molecule has 1 aromatic carbocycles. The zero-order valence-corrected chi connectivity index (χ0v) is 21.7. The minimum Gasteiger partial charge on any atom is -0.507 e. The number of hydrogen-bond acceptors (Lipinski definition) is 6. The average Bonchev–Trinajstić information content (AvgIpc) is 2.67. The molecule has 0 amide bonds. The number of hydrogen-bond donors (Lipinski definition) is 1. The van der Waals surface area contributed by atoms with Crippen LogP contribution in [0.15, 0.2) is 36.7 Å². The third kappa shape index (κ3) is 6.81. The maximum atomic E-state index is 13.5. The Morgan fingerprint density at radius 3 is 1.94 bits per heavy atom. The maximum absolute atomic E-state index is 13.5. The van der Waals surface area contributed by atoms with Crippen LogP contribution in [-0.2, 0) is 31.0 Å². The molecule has 6 nitrogen and oxygen atoms in total. The van der Waals surface area contributed by atoms with E-state index in [2.05, 4.69) is 46.5 Å². The van der Waals surface area contributed by atoms with Gasteiger partial charge in [0.25, 0.3) is 0 Å². The van der Waals surface area contributed by atoms with Gasteiger partial charge in [-0.05, 0) is 48.4 Å². The molecular weight excluding hydrogens is 423 g/mol. The molecule has 1 N–H and O–H groups in total. The highest BCUT2D eigenvalue weighted by Crippen LogP contribution is 2.50. The molecule has 0 fully saturated rings. The lowest BCUT2D eigenvalue weighted by Crippen LogP contribution is -2.27. The Kier molecular flexibility index (Phi) is 8.55. The first-order valence-electron chi connectivity index (χ1n) is 11.2. The summed E-state index contributed by atoms with van der Waals surface area (Å²) in [6, 6.07) is 7.85. The highest BCUT2D eigenvalue weighted by Gasteiger charge is 2.31. The molecule has 0 aliphatic rings. The van der Waals surface area contributed by atoms with Gasteiger partial charge in [0, 0.05) is 35.8 Å². The number of benzene rings is 1. The van der Waals surface area contributed by atoms with Crippen LogP contribution in [-0.4, -0.2) is 29.6 Å². The van der Waals surface area contributed by atoms with Crippen molar-refractivity contribution in [3.05, 3.63) is 53.3 Å². The van der Waals surface area contributed by atoms with E-state index >= 15 is 0 Å². The van der Waals surface area contributed by atoms with Crippen molar-refractivity contribution in [3.8, 4) is 5.75 Å². The first-order valence-corrected chi connectivity index (χ1v) is 12.9. The summed E-state index contributed by atoms with van der Waals surface area (Å²) in [5.41, 5.74) is 2.99. The Balaban J connectivity index is 2.67. The second-order valence-corrected chi connectivity index (χ2v) is 12.1. The van der Waals surface area contributed by atoms with Crippen molar-refractivity contribution >= 4 is 13.3 Å². The van der Waals surface area contributed by atoms with Crippen molar-refractivity contribution < 1.29 is 18.7 Å². The summed E-state index contributed by atoms with van der Waals surface area (Å²) in [5, 5.41) is 11.1. The normalized spacial score (nSPS) is 12.8. The van der Waals surface area contributed by atoms with Crippen LogP contribution in [0.25, 0.3) is 0 Å². The standard InChI is InChI=1S/C25H39N2O4P/c1-9-30-32(29,31-10-2)18-27(17-19-12-11-13-26-16-19)20-14-21(24(3,4)5)23(28)22(15-20)25(6,7)8/h11-16,28H,9-10,17-18H2,1-8H3. The zero-order valence-electron chi connectivity index (χ0n) is 20.8. The van der Waals surface area contributed by atoms with Crippen molar-refractivity contribution in [1.82, 2.24) is 4.98 Å². The van der Waals surface area contributed by atoms with Crippen LogP contribution in [0.5, 0.6) is 5.75 Å². The molecule has 0 aliphatic carbocycles. The van der Waals surface area contributed by atoms with Gasteiger partial charge < -0.3 is 19.1 Å². The summed E-state index contributed by atoms with van der Waals surface area (Å²) in [6.07, 6.45) is 3.63. The number of anilines is 1. The molecule has 7 heteroatoms. The Hall–Kier alpha value is -1.88. The monoisotopic (exact) mass is 462 g/mol. The van der Waals surface area contributed by atoms with Gasteiger partial charge in [0.15, 0.2) is 0 Å². The molecule has 2 rings (SSSR count). The summed E-state index contributed by atoms with van der Waals surface area (Å²) in [5.74, 6) is 0.313. The van der Waals surface area contributed by atoms with Crippen LogP contribution in [0.1, 0.15) is 72.1 Å². The summed E-state index contributed by atoms with van der Waals surface area (Å²) in [4.78, 5) is 6.24. The molecule has 0 aliphatic heterocycles. The Bertz CT molecular complexity index is 888. The van der Waals surface area contributed by atoms with Gasteiger partial charge in [-0.25, -0.2) is 0 Å². The molecule has 178 valence electrons. The highest BCUT2D eigenvalue weighted by atomic mass is 31.2. The van der Waals surface area contributed by atoms with E-state index in [4.69, 9.17) is 9.05 Å². The lowest BCUT2D eigenvalue weighted by molar-refractivity contribution is 0.220. The van der Waals surface area contributed by atoms with E-state index in [1.807, 2.05) is 43.0 Å². The van der Waals surface area contributed by atoms with Crippen LogP contribution < -0.4 is 4.90 Å². The average molecular weight is 463 g/mol. The van der Waals surface area contributed by atoms with E-state index in [1.54, 1.807) is 12.4 Å². The number of phenols is 1. The van der Waals surface area contributed by atoms with Crippen LogP contribution >= 0.6 is 7.60 Å². The molecule has 0 radical (unpaired) electrons. The van der Waals surface area contributed by atoms with E-state index in [-0.39, 0.29) is 17.1 Å². The minimum absolute atomic E-state index is 0.0987. The van der Waals surface area contributed by atoms with E-state index in [0.717, 1.165) is 22.4 Å². The summed E-state index contributed by atoms with van der Waals surface area (Å²) in [6.45, 7) is 17.2. The Labute approximate surface area is 193 Å². The van der Waals surface area contributed by atoms with E-state index in [0.29, 0.717) is 25.5 Å². The van der Waals surface area contributed by atoms with Crippen molar-refractivity contribution in [3.63, 3.8) is 0 Å². The van der Waals surface area contributed by atoms with Gasteiger partial charge in [0.1, 0.15) is 12.0 Å². The van der Waals surface area contributed by atoms with Crippen LogP contribution in [0, 0.1) is 0 Å². The molecule has 0 atom stereocenters. The van der Waals surface area contributed by atoms with Gasteiger partial charge in [0.2, 0.25) is 0 Å². The molecule has 1 heterocycles. The number of nitrogens with zero attached hydrogens (tertiary/aromatic N) is 2. The lowest BCUT2D eigenvalue weighted by Gasteiger charge is -2.33. The predicted molar refractivity (Wildman–Crippen MR) is 132 cm³/mol. The van der Waals surface area contributed by atoms with Crippen LogP contribution in [0.3, 0.4) is 0 Å². The van der Waals surface area contributed by atoms with Crippen molar-refractivity contribution in [2.45, 2.75) is 72.8 Å². The zero-order chi connectivity index (χ0) is 24.2. The molecule has 1 aromatic heterocycles. The van der Waals surface area contributed by atoms with Crippen molar-refractivity contribution in [2.75, 3.05) is 24.4 Å². The molecule has 2 aromatic rings. The highest BCUT2D eigenvalue weighted by molar-refractivity contribution is 7.53. The van der Waals surface area contributed by atoms with Gasteiger partial charge in [-0.15, -0.1) is 0 Å². The number of aromatic nitrogens is 1. The van der Waals surface area contributed by atoms with Gasteiger partial charge in [-0.3, -0.25) is 9.55 Å².